The van der Waals surface area contributed by atoms with Crippen molar-refractivity contribution in [2.75, 3.05) is 0 Å². The van der Waals surface area contributed by atoms with Crippen LogP contribution < -0.4 is 0 Å². The van der Waals surface area contributed by atoms with Crippen molar-refractivity contribution in [1.82, 2.24) is 0 Å². The predicted octanol–water partition coefficient (Wildman–Crippen LogP) is 5.71. The summed E-state index contributed by atoms with van der Waals surface area (Å²) < 4.78 is 79.7. The zero-order valence-corrected chi connectivity index (χ0v) is 12.0. The zero-order valence-electron chi connectivity index (χ0n) is 12.0. The normalized spacial score (nSPS) is 11.9. The molecule has 2 aromatic carbocycles. The lowest BCUT2D eigenvalue weighted by molar-refractivity contribution is -0.140. The molecule has 0 amide bonds. The zero-order chi connectivity index (χ0) is 16.8. The van der Waals surface area contributed by atoms with Crippen LogP contribution in [-0.4, -0.2) is 0 Å². The number of rotatable bonds is 1. The van der Waals surface area contributed by atoms with E-state index >= 15 is 0 Å². The minimum atomic E-state index is -4.96. The van der Waals surface area contributed by atoms with Crippen molar-refractivity contribution in [3.63, 3.8) is 0 Å². The summed E-state index contributed by atoms with van der Waals surface area (Å²) >= 11 is 0. The molecular formula is C16H12F6. The van der Waals surface area contributed by atoms with Crippen LogP contribution in [-0.2, 0) is 6.18 Å². The van der Waals surface area contributed by atoms with E-state index in [1.165, 1.54) is 26.8 Å². The molecule has 0 saturated heterocycles. The molecule has 0 N–H and O–H groups in total. The van der Waals surface area contributed by atoms with Gasteiger partial charge in [-0.1, -0.05) is 6.07 Å². The topological polar surface area (TPSA) is 0 Å². The molecule has 0 aliphatic carbocycles. The van der Waals surface area contributed by atoms with Gasteiger partial charge in [0, 0.05) is 11.6 Å². The molecule has 0 nitrogen and oxygen atoms in total. The van der Waals surface area contributed by atoms with Gasteiger partial charge in [-0.3, -0.25) is 0 Å². The average Bonchev–Trinajstić information content (AvgIpc) is 2.37. The number of benzene rings is 2. The van der Waals surface area contributed by atoms with E-state index in [1.54, 1.807) is 0 Å². The third kappa shape index (κ3) is 2.69. The Kier molecular flexibility index (Phi) is 3.98. The maximum atomic E-state index is 14.0. The van der Waals surface area contributed by atoms with Crippen LogP contribution in [0.4, 0.5) is 26.3 Å². The summed E-state index contributed by atoms with van der Waals surface area (Å²) in [6.07, 6.45) is -4.96. The summed E-state index contributed by atoms with van der Waals surface area (Å²) in [7, 11) is 0. The summed E-state index contributed by atoms with van der Waals surface area (Å²) in [5, 5.41) is 0. The van der Waals surface area contributed by atoms with Crippen LogP contribution in [0, 0.1) is 38.2 Å². The van der Waals surface area contributed by atoms with Crippen molar-refractivity contribution in [2.45, 2.75) is 26.9 Å². The number of aryl methyl sites for hydroxylation is 2. The largest absolute Gasteiger partial charge is 0.419 e. The fourth-order valence-corrected chi connectivity index (χ4v) is 2.53. The Bertz CT molecular complexity index is 744. The van der Waals surface area contributed by atoms with Crippen LogP contribution in [0.25, 0.3) is 11.1 Å². The van der Waals surface area contributed by atoms with Gasteiger partial charge >= 0.3 is 6.18 Å². The molecule has 0 heterocycles. The summed E-state index contributed by atoms with van der Waals surface area (Å²) in [6, 6.07) is 1.97. The molecule has 0 saturated carbocycles. The van der Waals surface area contributed by atoms with Crippen molar-refractivity contribution >= 4 is 0 Å². The quantitative estimate of drug-likeness (QED) is 0.590. The van der Waals surface area contributed by atoms with E-state index in [4.69, 9.17) is 0 Å². The van der Waals surface area contributed by atoms with Gasteiger partial charge in [0.05, 0.1) is 5.56 Å². The number of hydrogen-bond acceptors (Lipinski definition) is 0. The highest BCUT2D eigenvalue weighted by atomic mass is 19.4. The third-order valence-electron chi connectivity index (χ3n) is 3.51. The van der Waals surface area contributed by atoms with E-state index in [0.29, 0.717) is 17.2 Å². The van der Waals surface area contributed by atoms with Gasteiger partial charge in [0.1, 0.15) is 17.5 Å². The first-order valence-corrected chi connectivity index (χ1v) is 6.37. The van der Waals surface area contributed by atoms with Crippen molar-refractivity contribution in [2.24, 2.45) is 0 Å². The lowest BCUT2D eigenvalue weighted by Gasteiger charge is -2.16. The Morgan fingerprint density at radius 3 is 1.91 bits per heavy atom. The lowest BCUT2D eigenvalue weighted by atomic mass is 9.91. The predicted molar refractivity (Wildman–Crippen MR) is 71.0 cm³/mol. The van der Waals surface area contributed by atoms with Gasteiger partial charge in [-0.25, -0.2) is 13.2 Å². The first kappa shape index (κ1) is 16.4. The highest BCUT2D eigenvalue weighted by molar-refractivity contribution is 5.73. The standard InChI is InChI=1S/C16H12F6/c1-7-4-8(2)15(19)9(3)14(7)10-5-11(16(20,21)22)13(18)6-12(10)17/h4-6H,1-3H3. The second kappa shape index (κ2) is 5.34. The van der Waals surface area contributed by atoms with E-state index in [9.17, 15) is 26.3 Å². The highest BCUT2D eigenvalue weighted by Gasteiger charge is 2.35. The van der Waals surface area contributed by atoms with E-state index in [1.807, 2.05) is 0 Å². The molecule has 0 bridgehead atoms. The smallest absolute Gasteiger partial charge is 0.206 e. The van der Waals surface area contributed by atoms with Crippen molar-refractivity contribution in [3.05, 3.63) is 57.9 Å². The summed E-state index contributed by atoms with van der Waals surface area (Å²) in [5.74, 6) is -3.49. The average molecular weight is 318 g/mol. The highest BCUT2D eigenvalue weighted by Crippen LogP contribution is 2.38. The molecule has 0 aromatic heterocycles. The van der Waals surface area contributed by atoms with Crippen LogP contribution in [0.15, 0.2) is 18.2 Å². The van der Waals surface area contributed by atoms with Crippen LogP contribution in [0.5, 0.6) is 0 Å². The van der Waals surface area contributed by atoms with Gasteiger partial charge in [0.15, 0.2) is 0 Å². The van der Waals surface area contributed by atoms with Crippen LogP contribution in [0.1, 0.15) is 22.3 Å². The Morgan fingerprint density at radius 1 is 0.773 bits per heavy atom. The molecule has 6 heteroatoms. The minimum Gasteiger partial charge on any atom is -0.206 e. The maximum Gasteiger partial charge on any atom is 0.419 e. The van der Waals surface area contributed by atoms with Crippen LogP contribution in [0.3, 0.4) is 0 Å². The molecule has 2 aromatic rings. The summed E-state index contributed by atoms with van der Waals surface area (Å²) in [4.78, 5) is 0. The molecule has 2 rings (SSSR count). The molecule has 118 valence electrons. The second-order valence-corrected chi connectivity index (χ2v) is 5.13. The van der Waals surface area contributed by atoms with E-state index in [2.05, 4.69) is 0 Å². The van der Waals surface area contributed by atoms with E-state index < -0.39 is 34.8 Å². The molecule has 0 aliphatic rings. The molecule has 0 atom stereocenters. The second-order valence-electron chi connectivity index (χ2n) is 5.13. The maximum absolute atomic E-state index is 14.0. The van der Waals surface area contributed by atoms with Gasteiger partial charge in [0.25, 0.3) is 0 Å². The first-order chi connectivity index (χ1) is 10.0. The molecule has 0 fully saturated rings. The Morgan fingerprint density at radius 2 is 1.36 bits per heavy atom. The molecule has 0 spiro atoms. The Hall–Kier alpha value is -1.98. The SMILES string of the molecule is Cc1cc(C)c(-c2cc(C(F)(F)F)c(F)cc2F)c(C)c1F. The first-order valence-electron chi connectivity index (χ1n) is 6.37. The molecule has 22 heavy (non-hydrogen) atoms. The van der Waals surface area contributed by atoms with Crippen molar-refractivity contribution in [3.8, 4) is 11.1 Å². The lowest BCUT2D eigenvalue weighted by Crippen LogP contribution is -2.10. The van der Waals surface area contributed by atoms with Crippen molar-refractivity contribution in [1.29, 1.82) is 0 Å². The Balaban J connectivity index is 2.82. The number of hydrogen-bond donors (Lipinski definition) is 0. The van der Waals surface area contributed by atoms with Gasteiger partial charge in [-0.05, 0) is 49.1 Å². The molecule has 0 aliphatic heterocycles. The molecule has 0 unspecified atom stereocenters. The van der Waals surface area contributed by atoms with Crippen molar-refractivity contribution < 1.29 is 26.3 Å². The van der Waals surface area contributed by atoms with Gasteiger partial charge in [-0.15, -0.1) is 0 Å². The van der Waals surface area contributed by atoms with Gasteiger partial charge in [-0.2, -0.15) is 13.2 Å². The number of alkyl halides is 3. The number of halogens is 6. The van der Waals surface area contributed by atoms with Crippen LogP contribution in [0.2, 0.25) is 0 Å². The van der Waals surface area contributed by atoms with E-state index in [-0.39, 0.29) is 17.2 Å². The fraction of sp³-hybridized carbons (Fsp3) is 0.250. The van der Waals surface area contributed by atoms with Crippen LogP contribution >= 0.6 is 0 Å². The van der Waals surface area contributed by atoms with Gasteiger partial charge < -0.3 is 0 Å². The van der Waals surface area contributed by atoms with Gasteiger partial charge in [0.2, 0.25) is 0 Å². The molecular weight excluding hydrogens is 306 g/mol. The Labute approximate surface area is 123 Å². The third-order valence-corrected chi connectivity index (χ3v) is 3.51. The summed E-state index contributed by atoms with van der Waals surface area (Å²) in [5.41, 5.74) is -1.30. The fourth-order valence-electron chi connectivity index (χ4n) is 2.53. The molecule has 0 radical (unpaired) electrons. The monoisotopic (exact) mass is 318 g/mol. The van der Waals surface area contributed by atoms with E-state index in [0.717, 1.165) is 0 Å². The minimum absolute atomic E-state index is 0.00565. The summed E-state index contributed by atoms with van der Waals surface area (Å²) in [6.45, 7) is 4.38.